The van der Waals surface area contributed by atoms with Gasteiger partial charge in [0.25, 0.3) is 0 Å². The molecular weight excluding hydrogens is 184 g/mol. The molecule has 5 heteroatoms. The largest absolute Gasteiger partial charge is 0.481 e. The SMILES string of the molecule is CC(N)C(=O)NC1C=CC(C(=O)O)C1. The van der Waals surface area contributed by atoms with Crippen LogP contribution in [0.1, 0.15) is 13.3 Å². The molecule has 5 nitrogen and oxygen atoms in total. The van der Waals surface area contributed by atoms with Gasteiger partial charge in [-0.25, -0.2) is 0 Å². The number of nitrogens with two attached hydrogens (primary N) is 1. The van der Waals surface area contributed by atoms with Gasteiger partial charge in [0, 0.05) is 6.04 Å². The standard InChI is InChI=1S/C9H14N2O3/c1-5(10)8(12)11-7-3-2-6(4-7)9(13)14/h2-3,5-7H,4,10H2,1H3,(H,11,12)(H,13,14). The van der Waals surface area contributed by atoms with E-state index in [1.54, 1.807) is 19.1 Å². The summed E-state index contributed by atoms with van der Waals surface area (Å²) in [6, 6.07) is -0.762. The lowest BCUT2D eigenvalue weighted by molar-refractivity contribution is -0.140. The van der Waals surface area contributed by atoms with E-state index in [4.69, 9.17) is 10.8 Å². The van der Waals surface area contributed by atoms with Gasteiger partial charge in [-0.3, -0.25) is 9.59 Å². The molecule has 0 fully saturated rings. The van der Waals surface area contributed by atoms with Crippen LogP contribution in [0.5, 0.6) is 0 Å². The molecule has 1 aliphatic rings. The van der Waals surface area contributed by atoms with Crippen LogP contribution >= 0.6 is 0 Å². The average Bonchev–Trinajstić information content (AvgIpc) is 2.52. The molecule has 0 aromatic heterocycles. The monoisotopic (exact) mass is 198 g/mol. The van der Waals surface area contributed by atoms with Gasteiger partial charge in [0.1, 0.15) is 0 Å². The van der Waals surface area contributed by atoms with E-state index in [0.717, 1.165) is 0 Å². The maximum Gasteiger partial charge on any atom is 0.310 e. The summed E-state index contributed by atoms with van der Waals surface area (Å²) in [4.78, 5) is 21.7. The Labute approximate surface area is 82.0 Å². The summed E-state index contributed by atoms with van der Waals surface area (Å²) in [6.45, 7) is 1.59. The van der Waals surface area contributed by atoms with Crippen molar-refractivity contribution in [2.24, 2.45) is 11.7 Å². The van der Waals surface area contributed by atoms with Crippen LogP contribution in [0.25, 0.3) is 0 Å². The third-order valence-corrected chi connectivity index (χ3v) is 2.14. The van der Waals surface area contributed by atoms with Crippen molar-refractivity contribution in [2.45, 2.75) is 25.4 Å². The molecule has 78 valence electrons. The fraction of sp³-hybridized carbons (Fsp3) is 0.556. The second-order valence-electron chi connectivity index (χ2n) is 3.47. The van der Waals surface area contributed by atoms with Gasteiger partial charge in [0.05, 0.1) is 12.0 Å². The van der Waals surface area contributed by atoms with Crippen LogP contribution in [-0.4, -0.2) is 29.1 Å². The van der Waals surface area contributed by atoms with Crippen LogP contribution in [0.15, 0.2) is 12.2 Å². The Morgan fingerprint density at radius 3 is 2.64 bits per heavy atom. The van der Waals surface area contributed by atoms with Crippen molar-refractivity contribution in [3.8, 4) is 0 Å². The van der Waals surface area contributed by atoms with E-state index in [-0.39, 0.29) is 11.9 Å². The fourth-order valence-corrected chi connectivity index (χ4v) is 1.30. The lowest BCUT2D eigenvalue weighted by Crippen LogP contribution is -2.42. The molecule has 0 saturated carbocycles. The predicted octanol–water partition coefficient (Wildman–Crippen LogP) is -0.521. The van der Waals surface area contributed by atoms with Crippen molar-refractivity contribution >= 4 is 11.9 Å². The van der Waals surface area contributed by atoms with Gasteiger partial charge in [-0.2, -0.15) is 0 Å². The van der Waals surface area contributed by atoms with E-state index < -0.39 is 17.9 Å². The van der Waals surface area contributed by atoms with E-state index in [0.29, 0.717) is 6.42 Å². The number of rotatable bonds is 3. The number of carbonyl (C=O) groups is 2. The van der Waals surface area contributed by atoms with Crippen molar-refractivity contribution in [2.75, 3.05) is 0 Å². The molecule has 0 radical (unpaired) electrons. The third-order valence-electron chi connectivity index (χ3n) is 2.14. The van der Waals surface area contributed by atoms with Gasteiger partial charge in [-0.15, -0.1) is 0 Å². The third kappa shape index (κ3) is 2.56. The highest BCUT2D eigenvalue weighted by Crippen LogP contribution is 2.17. The molecular formula is C9H14N2O3. The Bertz CT molecular complexity index is 273. The maximum atomic E-state index is 11.2. The quantitative estimate of drug-likeness (QED) is 0.532. The molecule has 1 rings (SSSR count). The summed E-state index contributed by atoms with van der Waals surface area (Å²) < 4.78 is 0. The van der Waals surface area contributed by atoms with E-state index in [2.05, 4.69) is 5.32 Å². The molecule has 0 aliphatic heterocycles. The number of carboxylic acid groups (broad SMARTS) is 1. The molecule has 0 spiro atoms. The van der Waals surface area contributed by atoms with Gasteiger partial charge in [-0.05, 0) is 13.3 Å². The molecule has 0 aromatic rings. The minimum absolute atomic E-state index is 0.199. The van der Waals surface area contributed by atoms with Crippen LogP contribution in [0, 0.1) is 5.92 Å². The van der Waals surface area contributed by atoms with Gasteiger partial charge >= 0.3 is 5.97 Å². The molecule has 4 N–H and O–H groups in total. The lowest BCUT2D eigenvalue weighted by Gasteiger charge is -2.13. The summed E-state index contributed by atoms with van der Waals surface area (Å²) in [5.41, 5.74) is 5.36. The smallest absolute Gasteiger partial charge is 0.310 e. The summed E-state index contributed by atoms with van der Waals surface area (Å²) in [5, 5.41) is 11.3. The highest BCUT2D eigenvalue weighted by Gasteiger charge is 2.25. The van der Waals surface area contributed by atoms with Crippen LogP contribution < -0.4 is 11.1 Å². The van der Waals surface area contributed by atoms with Crippen LogP contribution in [0.4, 0.5) is 0 Å². The van der Waals surface area contributed by atoms with Crippen molar-refractivity contribution < 1.29 is 14.7 Å². The Hall–Kier alpha value is -1.36. The number of carboxylic acids is 1. The lowest BCUT2D eigenvalue weighted by atomic mass is 10.1. The fourth-order valence-electron chi connectivity index (χ4n) is 1.30. The van der Waals surface area contributed by atoms with Crippen molar-refractivity contribution in [1.29, 1.82) is 0 Å². The molecule has 0 aromatic carbocycles. The summed E-state index contributed by atoms with van der Waals surface area (Å²) in [7, 11) is 0. The Kier molecular flexibility index (Phi) is 3.24. The average molecular weight is 198 g/mol. The number of aliphatic carboxylic acids is 1. The molecule has 3 unspecified atom stereocenters. The van der Waals surface area contributed by atoms with Crippen molar-refractivity contribution in [3.63, 3.8) is 0 Å². The van der Waals surface area contributed by atoms with Gasteiger partial charge in [0.2, 0.25) is 5.91 Å². The highest BCUT2D eigenvalue weighted by atomic mass is 16.4. The molecule has 1 aliphatic carbocycles. The summed E-state index contributed by atoms with van der Waals surface area (Å²) in [5.74, 6) is -1.61. The first-order chi connectivity index (χ1) is 6.50. The van der Waals surface area contributed by atoms with Crippen molar-refractivity contribution in [1.82, 2.24) is 5.32 Å². The van der Waals surface area contributed by atoms with Gasteiger partial charge < -0.3 is 16.2 Å². The van der Waals surface area contributed by atoms with Gasteiger partial charge in [0.15, 0.2) is 0 Å². The zero-order valence-corrected chi connectivity index (χ0v) is 7.93. The minimum Gasteiger partial charge on any atom is -0.481 e. The Balaban J connectivity index is 2.41. The number of hydrogen-bond donors (Lipinski definition) is 3. The minimum atomic E-state index is -0.862. The number of nitrogens with one attached hydrogen (secondary N) is 1. The second-order valence-corrected chi connectivity index (χ2v) is 3.47. The van der Waals surface area contributed by atoms with E-state index >= 15 is 0 Å². The topological polar surface area (TPSA) is 92.4 Å². The van der Waals surface area contributed by atoms with E-state index in [9.17, 15) is 9.59 Å². The zero-order valence-electron chi connectivity index (χ0n) is 7.93. The zero-order chi connectivity index (χ0) is 10.7. The maximum absolute atomic E-state index is 11.2. The van der Waals surface area contributed by atoms with Crippen LogP contribution in [-0.2, 0) is 9.59 Å². The molecule has 3 atom stereocenters. The molecule has 1 amide bonds. The first kappa shape index (κ1) is 10.7. The van der Waals surface area contributed by atoms with E-state index in [1.807, 2.05) is 0 Å². The van der Waals surface area contributed by atoms with Gasteiger partial charge in [-0.1, -0.05) is 12.2 Å². The molecule has 0 heterocycles. The second kappa shape index (κ2) is 4.23. The first-order valence-corrected chi connectivity index (χ1v) is 4.48. The van der Waals surface area contributed by atoms with Crippen LogP contribution in [0.3, 0.4) is 0 Å². The molecule has 0 bridgehead atoms. The Morgan fingerprint density at radius 1 is 1.57 bits per heavy atom. The summed E-state index contributed by atoms with van der Waals surface area (Å²) >= 11 is 0. The summed E-state index contributed by atoms with van der Waals surface area (Å²) in [6.07, 6.45) is 3.70. The molecule has 14 heavy (non-hydrogen) atoms. The normalized spacial score (nSPS) is 27.3. The number of carbonyl (C=O) groups excluding carboxylic acids is 1. The van der Waals surface area contributed by atoms with Crippen molar-refractivity contribution in [3.05, 3.63) is 12.2 Å². The predicted molar refractivity (Wildman–Crippen MR) is 50.5 cm³/mol. The van der Waals surface area contributed by atoms with E-state index in [1.165, 1.54) is 0 Å². The van der Waals surface area contributed by atoms with Crippen LogP contribution in [0.2, 0.25) is 0 Å². The first-order valence-electron chi connectivity index (χ1n) is 4.48. The highest BCUT2D eigenvalue weighted by molar-refractivity contribution is 5.82. The number of amides is 1. The Morgan fingerprint density at radius 2 is 2.21 bits per heavy atom. The molecule has 0 saturated heterocycles. The number of hydrogen-bond acceptors (Lipinski definition) is 3.